The van der Waals surface area contributed by atoms with E-state index in [2.05, 4.69) is 32.8 Å². The number of aromatic nitrogens is 2. The first-order valence-corrected chi connectivity index (χ1v) is 6.60. The molecule has 0 fully saturated rings. The fourth-order valence-corrected chi connectivity index (χ4v) is 1.99. The minimum absolute atomic E-state index is 0.760. The first-order chi connectivity index (χ1) is 9.29. The minimum Gasteiger partial charge on any atom is -0.383 e. The monoisotopic (exact) mass is 262 g/mol. The molecule has 2 aromatic rings. The summed E-state index contributed by atoms with van der Waals surface area (Å²) in [4.78, 5) is 6.86. The Hall–Kier alpha value is -1.43. The molecule has 0 aliphatic carbocycles. The second-order valence-corrected chi connectivity index (χ2v) is 4.68. The summed E-state index contributed by atoms with van der Waals surface area (Å²) in [5.74, 6) is 0. The number of methoxy groups -OCH3 is 1. The third-order valence-electron chi connectivity index (χ3n) is 3.00. The molecule has 2 rings (SSSR count). The molecule has 1 N–H and O–H groups in total. The van der Waals surface area contributed by atoms with Crippen LogP contribution in [-0.4, -0.2) is 54.7 Å². The number of pyridine rings is 1. The Morgan fingerprint density at radius 2 is 2.26 bits per heavy atom. The SMILES string of the molecule is COCCNCCN(C)Cc1cn2ccccc2n1. The maximum absolute atomic E-state index is 4.99. The molecule has 0 atom stereocenters. The molecule has 0 aliphatic heterocycles. The molecule has 5 nitrogen and oxygen atoms in total. The van der Waals surface area contributed by atoms with Crippen molar-refractivity contribution in [3.63, 3.8) is 0 Å². The van der Waals surface area contributed by atoms with E-state index in [0.29, 0.717) is 0 Å². The molecule has 2 heterocycles. The zero-order valence-electron chi connectivity index (χ0n) is 11.7. The van der Waals surface area contributed by atoms with Gasteiger partial charge in [-0.05, 0) is 19.2 Å². The molecule has 19 heavy (non-hydrogen) atoms. The second-order valence-electron chi connectivity index (χ2n) is 4.68. The fraction of sp³-hybridized carbons (Fsp3) is 0.500. The lowest BCUT2D eigenvalue weighted by Gasteiger charge is -2.15. The van der Waals surface area contributed by atoms with Crippen molar-refractivity contribution in [3.05, 3.63) is 36.3 Å². The molecule has 5 heteroatoms. The van der Waals surface area contributed by atoms with Crippen molar-refractivity contribution in [1.82, 2.24) is 19.6 Å². The van der Waals surface area contributed by atoms with Crippen LogP contribution >= 0.6 is 0 Å². The van der Waals surface area contributed by atoms with E-state index in [1.807, 2.05) is 24.4 Å². The highest BCUT2D eigenvalue weighted by Crippen LogP contribution is 2.06. The van der Waals surface area contributed by atoms with Crippen LogP contribution < -0.4 is 5.32 Å². The third kappa shape index (κ3) is 4.31. The van der Waals surface area contributed by atoms with E-state index in [1.54, 1.807) is 7.11 Å². The molecule has 0 amide bonds. The molecule has 0 saturated carbocycles. The van der Waals surface area contributed by atoms with Crippen LogP contribution in [0.1, 0.15) is 5.69 Å². The highest BCUT2D eigenvalue weighted by molar-refractivity contribution is 5.39. The van der Waals surface area contributed by atoms with Crippen molar-refractivity contribution in [2.45, 2.75) is 6.54 Å². The van der Waals surface area contributed by atoms with E-state index in [4.69, 9.17) is 4.74 Å². The van der Waals surface area contributed by atoms with E-state index >= 15 is 0 Å². The Morgan fingerprint density at radius 3 is 3.05 bits per heavy atom. The van der Waals surface area contributed by atoms with Crippen molar-refractivity contribution in [1.29, 1.82) is 0 Å². The van der Waals surface area contributed by atoms with Gasteiger partial charge < -0.3 is 14.5 Å². The number of hydrogen-bond donors (Lipinski definition) is 1. The van der Waals surface area contributed by atoms with Crippen LogP contribution in [0.4, 0.5) is 0 Å². The molecular formula is C14H22N4O. The summed E-state index contributed by atoms with van der Waals surface area (Å²) in [5.41, 5.74) is 2.11. The van der Waals surface area contributed by atoms with E-state index in [-0.39, 0.29) is 0 Å². The van der Waals surface area contributed by atoms with Crippen LogP contribution in [0.15, 0.2) is 30.6 Å². The summed E-state index contributed by atoms with van der Waals surface area (Å²) in [6.07, 6.45) is 4.11. The van der Waals surface area contributed by atoms with Gasteiger partial charge in [0.2, 0.25) is 0 Å². The Morgan fingerprint density at radius 1 is 1.37 bits per heavy atom. The number of rotatable bonds is 8. The van der Waals surface area contributed by atoms with Gasteiger partial charge in [0.25, 0.3) is 0 Å². The van der Waals surface area contributed by atoms with Crippen LogP contribution in [0.3, 0.4) is 0 Å². The summed E-state index contributed by atoms with van der Waals surface area (Å²) >= 11 is 0. The molecule has 2 aromatic heterocycles. The summed E-state index contributed by atoms with van der Waals surface area (Å²) < 4.78 is 7.04. The Balaban J connectivity index is 1.76. The highest BCUT2D eigenvalue weighted by Gasteiger charge is 2.04. The lowest BCUT2D eigenvalue weighted by atomic mass is 10.4. The first-order valence-electron chi connectivity index (χ1n) is 6.60. The number of nitrogens with zero attached hydrogens (tertiary/aromatic N) is 3. The van der Waals surface area contributed by atoms with E-state index in [1.165, 1.54) is 0 Å². The number of fused-ring (bicyclic) bond motifs is 1. The molecule has 0 aliphatic rings. The van der Waals surface area contributed by atoms with Gasteiger partial charge in [0.1, 0.15) is 5.65 Å². The van der Waals surface area contributed by atoms with Gasteiger partial charge in [-0.1, -0.05) is 6.07 Å². The quantitative estimate of drug-likeness (QED) is 0.721. The van der Waals surface area contributed by atoms with Gasteiger partial charge in [-0.3, -0.25) is 4.90 Å². The first kappa shape index (κ1) is 14.0. The Kier molecular flexibility index (Phi) is 5.32. The number of imidazole rings is 1. The Bertz CT molecular complexity index is 464. The Labute approximate surface area is 114 Å². The van der Waals surface area contributed by atoms with E-state index in [0.717, 1.165) is 44.1 Å². The molecule has 0 spiro atoms. The van der Waals surface area contributed by atoms with Gasteiger partial charge in [0.15, 0.2) is 0 Å². The normalized spacial score (nSPS) is 11.5. The zero-order chi connectivity index (χ0) is 13.5. The smallest absolute Gasteiger partial charge is 0.137 e. The van der Waals surface area contributed by atoms with Crippen molar-refractivity contribution in [2.24, 2.45) is 0 Å². The average molecular weight is 262 g/mol. The van der Waals surface area contributed by atoms with Crippen molar-refractivity contribution < 1.29 is 4.74 Å². The maximum atomic E-state index is 4.99. The minimum atomic E-state index is 0.760. The van der Waals surface area contributed by atoms with Crippen molar-refractivity contribution >= 4 is 5.65 Å². The third-order valence-corrected chi connectivity index (χ3v) is 3.00. The molecular weight excluding hydrogens is 240 g/mol. The molecule has 0 saturated heterocycles. The lowest BCUT2D eigenvalue weighted by molar-refractivity contribution is 0.197. The average Bonchev–Trinajstić information content (AvgIpc) is 2.80. The number of hydrogen-bond acceptors (Lipinski definition) is 4. The fourth-order valence-electron chi connectivity index (χ4n) is 1.99. The second kappa shape index (κ2) is 7.23. The number of ether oxygens (including phenoxy) is 1. The molecule has 0 aromatic carbocycles. The predicted molar refractivity (Wildman–Crippen MR) is 76.3 cm³/mol. The van der Waals surface area contributed by atoms with Crippen LogP contribution in [0, 0.1) is 0 Å². The van der Waals surface area contributed by atoms with E-state index < -0.39 is 0 Å². The lowest BCUT2D eigenvalue weighted by Crippen LogP contribution is -2.30. The van der Waals surface area contributed by atoms with Gasteiger partial charge in [-0.2, -0.15) is 0 Å². The van der Waals surface area contributed by atoms with Gasteiger partial charge in [-0.25, -0.2) is 4.98 Å². The van der Waals surface area contributed by atoms with Crippen LogP contribution in [0.2, 0.25) is 0 Å². The number of nitrogens with one attached hydrogen (secondary N) is 1. The maximum Gasteiger partial charge on any atom is 0.137 e. The van der Waals surface area contributed by atoms with Crippen molar-refractivity contribution in [3.8, 4) is 0 Å². The highest BCUT2D eigenvalue weighted by atomic mass is 16.5. The molecule has 0 radical (unpaired) electrons. The molecule has 0 bridgehead atoms. The van der Waals surface area contributed by atoms with Gasteiger partial charge in [0, 0.05) is 45.7 Å². The van der Waals surface area contributed by atoms with Gasteiger partial charge in [0.05, 0.1) is 12.3 Å². The summed E-state index contributed by atoms with van der Waals surface area (Å²) in [7, 11) is 3.83. The topological polar surface area (TPSA) is 41.8 Å². The van der Waals surface area contributed by atoms with E-state index in [9.17, 15) is 0 Å². The van der Waals surface area contributed by atoms with Gasteiger partial charge in [-0.15, -0.1) is 0 Å². The summed E-state index contributed by atoms with van der Waals surface area (Å²) in [6.45, 7) is 4.49. The predicted octanol–water partition coefficient (Wildman–Crippen LogP) is 1.00. The van der Waals surface area contributed by atoms with Crippen LogP contribution in [0.25, 0.3) is 5.65 Å². The van der Waals surface area contributed by atoms with Gasteiger partial charge >= 0.3 is 0 Å². The van der Waals surface area contributed by atoms with Crippen LogP contribution in [-0.2, 0) is 11.3 Å². The largest absolute Gasteiger partial charge is 0.383 e. The molecule has 104 valence electrons. The summed E-state index contributed by atoms with van der Waals surface area (Å²) in [6, 6.07) is 6.05. The summed E-state index contributed by atoms with van der Waals surface area (Å²) in [5, 5.41) is 3.34. The van der Waals surface area contributed by atoms with Crippen LogP contribution in [0.5, 0.6) is 0 Å². The molecule has 0 unspecified atom stereocenters. The van der Waals surface area contributed by atoms with Crippen molar-refractivity contribution in [2.75, 3.05) is 40.4 Å². The standard InChI is InChI=1S/C14H22N4O/c1-17(9-6-15-7-10-19-2)11-13-12-18-8-4-3-5-14(18)16-13/h3-5,8,12,15H,6-7,9-11H2,1-2H3. The number of likely N-dealkylation sites (N-methyl/N-ethyl adjacent to an activating group) is 1. The zero-order valence-corrected chi connectivity index (χ0v) is 11.7.